The number of nitrogens with zero attached hydrogens (tertiary/aromatic N) is 4. The van der Waals surface area contributed by atoms with Crippen LogP contribution in [0.4, 0.5) is 0 Å². The molecule has 2 aliphatic rings. The summed E-state index contributed by atoms with van der Waals surface area (Å²) < 4.78 is 0. The van der Waals surface area contributed by atoms with E-state index in [9.17, 15) is 9.59 Å². The number of carbonyl (C=O) groups excluding carboxylic acids is 2. The summed E-state index contributed by atoms with van der Waals surface area (Å²) in [5.74, 6) is 0.280. The Labute approximate surface area is 155 Å². The van der Waals surface area contributed by atoms with E-state index >= 15 is 0 Å². The molecule has 142 valence electrons. The summed E-state index contributed by atoms with van der Waals surface area (Å²) in [6, 6.07) is 0. The lowest BCUT2D eigenvalue weighted by Gasteiger charge is -2.48. The van der Waals surface area contributed by atoms with Crippen LogP contribution in [0.3, 0.4) is 0 Å². The maximum absolute atomic E-state index is 12.4. The van der Waals surface area contributed by atoms with Gasteiger partial charge in [-0.3, -0.25) is 24.5 Å². The smallest absolute Gasteiger partial charge is 0.234 e. The highest BCUT2D eigenvalue weighted by molar-refractivity contribution is 5.78. The minimum atomic E-state index is 0.0863. The van der Waals surface area contributed by atoms with Crippen LogP contribution in [-0.4, -0.2) is 64.3 Å². The normalized spacial score (nSPS) is 24.1. The molecule has 3 heterocycles. The predicted molar refractivity (Wildman–Crippen MR) is 98.2 cm³/mol. The van der Waals surface area contributed by atoms with Gasteiger partial charge in [0.15, 0.2) is 0 Å². The molecule has 1 spiro atoms. The molecule has 2 aliphatic heterocycles. The van der Waals surface area contributed by atoms with Crippen LogP contribution in [0.1, 0.15) is 44.0 Å². The van der Waals surface area contributed by atoms with Crippen LogP contribution in [0.25, 0.3) is 0 Å². The number of likely N-dealkylation sites (N-methyl/N-ethyl adjacent to an activating group) is 1. The Bertz CT molecular complexity index is 648. The fourth-order valence-corrected chi connectivity index (χ4v) is 4.18. The zero-order chi connectivity index (χ0) is 18.6. The second kappa shape index (κ2) is 8.12. The number of aryl methyl sites for hydroxylation is 1. The third kappa shape index (κ3) is 4.58. The molecule has 0 bridgehead atoms. The van der Waals surface area contributed by atoms with Crippen molar-refractivity contribution >= 4 is 11.8 Å². The quantitative estimate of drug-likeness (QED) is 0.853. The maximum Gasteiger partial charge on any atom is 0.234 e. The monoisotopic (exact) mass is 359 g/mol. The average Bonchev–Trinajstić information content (AvgIpc) is 2.61. The van der Waals surface area contributed by atoms with Crippen molar-refractivity contribution in [3.63, 3.8) is 0 Å². The standard InChI is InChI=1S/C19H29N5O2/c1-3-20-17(25)12-23-8-4-6-19(13-23)7-5-18(26)24(14-19)11-16-10-21-15(2)9-22-16/h9-10H,3-8,11-14H2,1-2H3,(H,20,25). The van der Waals surface area contributed by atoms with Gasteiger partial charge in [-0.25, -0.2) is 0 Å². The molecule has 0 aliphatic carbocycles. The van der Waals surface area contributed by atoms with Gasteiger partial charge in [-0.05, 0) is 39.7 Å². The summed E-state index contributed by atoms with van der Waals surface area (Å²) >= 11 is 0. The van der Waals surface area contributed by atoms with Crippen molar-refractivity contribution in [1.82, 2.24) is 25.1 Å². The van der Waals surface area contributed by atoms with Crippen LogP contribution in [0, 0.1) is 12.3 Å². The van der Waals surface area contributed by atoms with Crippen molar-refractivity contribution in [2.45, 2.75) is 46.1 Å². The second-order valence-electron chi connectivity index (χ2n) is 7.67. The number of nitrogens with one attached hydrogen (secondary N) is 1. The Kier molecular flexibility index (Phi) is 5.86. The number of aromatic nitrogens is 2. The van der Waals surface area contributed by atoms with Gasteiger partial charge in [-0.15, -0.1) is 0 Å². The topological polar surface area (TPSA) is 78.4 Å². The molecule has 1 N–H and O–H groups in total. The van der Waals surface area contributed by atoms with E-state index in [1.54, 1.807) is 12.4 Å². The second-order valence-corrected chi connectivity index (χ2v) is 7.67. The Morgan fingerprint density at radius 1 is 1.27 bits per heavy atom. The molecule has 0 saturated carbocycles. The first-order valence-electron chi connectivity index (χ1n) is 9.54. The first kappa shape index (κ1) is 18.8. The molecule has 2 saturated heterocycles. The third-order valence-electron chi connectivity index (χ3n) is 5.42. The van der Waals surface area contributed by atoms with E-state index in [4.69, 9.17) is 0 Å². The molecule has 1 aromatic heterocycles. The van der Waals surface area contributed by atoms with Gasteiger partial charge < -0.3 is 10.2 Å². The number of likely N-dealkylation sites (tertiary alicyclic amines) is 2. The van der Waals surface area contributed by atoms with Crippen molar-refractivity contribution in [2.24, 2.45) is 5.41 Å². The van der Waals surface area contributed by atoms with E-state index in [0.29, 0.717) is 26.1 Å². The lowest BCUT2D eigenvalue weighted by atomic mass is 9.73. The molecule has 1 aromatic rings. The summed E-state index contributed by atoms with van der Waals surface area (Å²) in [5.41, 5.74) is 1.80. The van der Waals surface area contributed by atoms with Crippen molar-refractivity contribution in [3.05, 3.63) is 23.8 Å². The number of hydrogen-bond acceptors (Lipinski definition) is 5. The fourth-order valence-electron chi connectivity index (χ4n) is 4.18. The number of piperidine rings is 2. The lowest BCUT2D eigenvalue weighted by Crippen LogP contribution is -2.55. The van der Waals surface area contributed by atoms with E-state index in [1.165, 1.54) is 0 Å². The minimum absolute atomic E-state index is 0.0863. The zero-order valence-electron chi connectivity index (χ0n) is 15.8. The van der Waals surface area contributed by atoms with Crippen LogP contribution < -0.4 is 5.32 Å². The first-order valence-corrected chi connectivity index (χ1v) is 9.54. The van der Waals surface area contributed by atoms with Gasteiger partial charge >= 0.3 is 0 Å². The summed E-state index contributed by atoms with van der Waals surface area (Å²) in [4.78, 5) is 37.2. The molecular formula is C19H29N5O2. The van der Waals surface area contributed by atoms with Gasteiger partial charge in [0.25, 0.3) is 0 Å². The van der Waals surface area contributed by atoms with Gasteiger partial charge in [0.05, 0.1) is 30.7 Å². The van der Waals surface area contributed by atoms with E-state index in [-0.39, 0.29) is 17.2 Å². The predicted octanol–water partition coefficient (Wildman–Crippen LogP) is 1.13. The van der Waals surface area contributed by atoms with Crippen LogP contribution in [0.15, 0.2) is 12.4 Å². The molecule has 0 aromatic carbocycles. The molecular weight excluding hydrogens is 330 g/mol. The number of amides is 2. The molecule has 1 unspecified atom stereocenters. The molecule has 3 rings (SSSR count). The molecule has 7 heteroatoms. The molecule has 0 radical (unpaired) electrons. The van der Waals surface area contributed by atoms with Gasteiger partial charge in [0.1, 0.15) is 0 Å². The Hall–Kier alpha value is -2.02. The van der Waals surface area contributed by atoms with Gasteiger partial charge in [0, 0.05) is 37.7 Å². The van der Waals surface area contributed by atoms with Crippen LogP contribution in [0.5, 0.6) is 0 Å². The summed E-state index contributed by atoms with van der Waals surface area (Å²) in [5, 5.41) is 2.88. The van der Waals surface area contributed by atoms with E-state index in [2.05, 4.69) is 20.2 Å². The number of rotatable bonds is 5. The highest BCUT2D eigenvalue weighted by atomic mass is 16.2. The average molecular weight is 359 g/mol. The minimum Gasteiger partial charge on any atom is -0.355 e. The number of hydrogen-bond donors (Lipinski definition) is 1. The van der Waals surface area contributed by atoms with E-state index in [1.807, 2.05) is 18.7 Å². The van der Waals surface area contributed by atoms with Crippen molar-refractivity contribution in [3.8, 4) is 0 Å². The number of carbonyl (C=O) groups is 2. The van der Waals surface area contributed by atoms with Crippen LogP contribution >= 0.6 is 0 Å². The molecule has 1 atom stereocenters. The Morgan fingerprint density at radius 2 is 2.12 bits per heavy atom. The summed E-state index contributed by atoms with van der Waals surface area (Å²) in [6.45, 7) is 8.06. The third-order valence-corrected chi connectivity index (χ3v) is 5.42. The van der Waals surface area contributed by atoms with Gasteiger partial charge in [0.2, 0.25) is 11.8 Å². The van der Waals surface area contributed by atoms with Gasteiger partial charge in [-0.2, -0.15) is 0 Å². The molecule has 7 nitrogen and oxygen atoms in total. The molecule has 2 amide bonds. The largest absolute Gasteiger partial charge is 0.355 e. The van der Waals surface area contributed by atoms with Gasteiger partial charge in [-0.1, -0.05) is 0 Å². The highest BCUT2D eigenvalue weighted by Gasteiger charge is 2.41. The fraction of sp³-hybridized carbons (Fsp3) is 0.684. The molecule has 2 fully saturated rings. The van der Waals surface area contributed by atoms with Crippen molar-refractivity contribution in [2.75, 3.05) is 32.7 Å². The Morgan fingerprint density at radius 3 is 2.85 bits per heavy atom. The zero-order valence-corrected chi connectivity index (χ0v) is 15.8. The van der Waals surface area contributed by atoms with Crippen molar-refractivity contribution in [1.29, 1.82) is 0 Å². The Balaban J connectivity index is 1.64. The molecule has 26 heavy (non-hydrogen) atoms. The highest BCUT2D eigenvalue weighted by Crippen LogP contribution is 2.39. The maximum atomic E-state index is 12.4. The van der Waals surface area contributed by atoms with Crippen LogP contribution in [0.2, 0.25) is 0 Å². The van der Waals surface area contributed by atoms with E-state index < -0.39 is 0 Å². The summed E-state index contributed by atoms with van der Waals surface area (Å²) in [7, 11) is 0. The SMILES string of the molecule is CCNC(=O)CN1CCCC2(CCC(=O)N(Cc3cnc(C)cn3)C2)C1. The summed E-state index contributed by atoms with van der Waals surface area (Å²) in [6.07, 6.45) is 7.18. The first-order chi connectivity index (χ1) is 12.5. The van der Waals surface area contributed by atoms with E-state index in [0.717, 1.165) is 50.3 Å². The van der Waals surface area contributed by atoms with Crippen LogP contribution in [-0.2, 0) is 16.1 Å². The van der Waals surface area contributed by atoms with Crippen molar-refractivity contribution < 1.29 is 9.59 Å². The lowest BCUT2D eigenvalue weighted by molar-refractivity contribution is -0.141.